The van der Waals surface area contributed by atoms with Gasteiger partial charge in [0, 0.05) is 19.2 Å². The molecule has 0 saturated carbocycles. The van der Waals surface area contributed by atoms with Crippen LogP contribution in [0.3, 0.4) is 0 Å². The number of benzene rings is 3. The zero-order chi connectivity index (χ0) is 21.7. The molecule has 2 atom stereocenters. The van der Waals surface area contributed by atoms with Gasteiger partial charge in [0.25, 0.3) is 5.91 Å². The molecule has 4 rings (SSSR count). The third-order valence-corrected chi connectivity index (χ3v) is 6.04. The Labute approximate surface area is 183 Å². The second kappa shape index (κ2) is 9.43. The number of carbonyl (C=O) groups excluding carboxylic acids is 1. The van der Waals surface area contributed by atoms with E-state index in [0.717, 1.165) is 12.0 Å². The molecule has 3 aromatic rings. The van der Waals surface area contributed by atoms with Gasteiger partial charge in [-0.25, -0.2) is 0 Å². The Hall–Kier alpha value is -2.99. The summed E-state index contributed by atoms with van der Waals surface area (Å²) < 4.78 is 0. The van der Waals surface area contributed by atoms with Crippen LogP contribution in [0.4, 0.5) is 0 Å². The Bertz CT molecular complexity index is 940. The van der Waals surface area contributed by atoms with E-state index >= 15 is 0 Å². The first kappa shape index (κ1) is 21.2. The number of amides is 1. The lowest BCUT2D eigenvalue weighted by atomic mass is 9.84. The third kappa shape index (κ3) is 4.39. The molecule has 0 bridgehead atoms. The Balaban J connectivity index is 1.58. The summed E-state index contributed by atoms with van der Waals surface area (Å²) >= 11 is 0. The Morgan fingerprint density at radius 1 is 0.903 bits per heavy atom. The number of likely N-dealkylation sites (tertiary alicyclic amines) is 1. The molecule has 0 aromatic heterocycles. The Morgan fingerprint density at radius 3 is 1.94 bits per heavy atom. The summed E-state index contributed by atoms with van der Waals surface area (Å²) in [5.41, 5.74) is 0.410. The van der Waals surface area contributed by atoms with Crippen molar-refractivity contribution in [1.29, 1.82) is 0 Å². The minimum Gasteiger partial charge on any atom is -0.396 e. The molecule has 5 nitrogen and oxygen atoms in total. The van der Waals surface area contributed by atoms with Gasteiger partial charge in [0.15, 0.2) is 5.60 Å². The maximum Gasteiger partial charge on any atom is 0.262 e. The molecule has 5 heteroatoms. The quantitative estimate of drug-likeness (QED) is 0.528. The van der Waals surface area contributed by atoms with Crippen molar-refractivity contribution >= 4 is 5.91 Å². The van der Waals surface area contributed by atoms with Crippen molar-refractivity contribution in [2.75, 3.05) is 6.61 Å². The summed E-state index contributed by atoms with van der Waals surface area (Å²) in [6, 6.07) is 28.3. The van der Waals surface area contributed by atoms with E-state index in [2.05, 4.69) is 22.3 Å². The summed E-state index contributed by atoms with van der Waals surface area (Å²) in [6.45, 7) is 0.778. The topological polar surface area (TPSA) is 72.8 Å². The number of carbonyl (C=O) groups is 1. The van der Waals surface area contributed by atoms with Crippen molar-refractivity contribution in [2.24, 2.45) is 0 Å². The summed E-state index contributed by atoms with van der Waals surface area (Å²) in [5.74, 6) is -0.449. The first-order chi connectivity index (χ1) is 15.1. The first-order valence-electron chi connectivity index (χ1n) is 10.7. The molecule has 31 heavy (non-hydrogen) atoms. The van der Waals surface area contributed by atoms with E-state index in [4.69, 9.17) is 0 Å². The molecular formula is C26H28N2O3. The predicted octanol–water partition coefficient (Wildman–Crippen LogP) is 3.02. The monoisotopic (exact) mass is 416 g/mol. The van der Waals surface area contributed by atoms with Crippen LogP contribution in [-0.2, 0) is 16.9 Å². The molecular weight excluding hydrogens is 388 g/mol. The molecule has 160 valence electrons. The van der Waals surface area contributed by atoms with Crippen LogP contribution >= 0.6 is 0 Å². The van der Waals surface area contributed by atoms with Gasteiger partial charge in [0.05, 0.1) is 6.17 Å². The highest BCUT2D eigenvalue weighted by atomic mass is 16.3. The van der Waals surface area contributed by atoms with Gasteiger partial charge in [0.2, 0.25) is 0 Å². The highest BCUT2D eigenvalue weighted by Crippen LogP contribution is 2.33. The van der Waals surface area contributed by atoms with Crippen LogP contribution in [0.15, 0.2) is 91.0 Å². The third-order valence-electron chi connectivity index (χ3n) is 6.04. The van der Waals surface area contributed by atoms with Crippen molar-refractivity contribution in [3.05, 3.63) is 108 Å². The minimum absolute atomic E-state index is 0.106. The number of aliphatic hydroxyl groups excluding tert-OH is 1. The summed E-state index contributed by atoms with van der Waals surface area (Å²) in [7, 11) is 0. The van der Waals surface area contributed by atoms with E-state index in [0.29, 0.717) is 24.1 Å². The molecule has 1 fully saturated rings. The second-order valence-electron chi connectivity index (χ2n) is 7.99. The van der Waals surface area contributed by atoms with Gasteiger partial charge < -0.3 is 15.5 Å². The molecule has 1 aliphatic heterocycles. The number of nitrogens with zero attached hydrogens (tertiary/aromatic N) is 1. The smallest absolute Gasteiger partial charge is 0.262 e. The molecule has 1 saturated heterocycles. The van der Waals surface area contributed by atoms with E-state index in [1.54, 1.807) is 24.3 Å². The normalized spacial score (nSPS) is 18.9. The van der Waals surface area contributed by atoms with Gasteiger partial charge >= 0.3 is 0 Å². The summed E-state index contributed by atoms with van der Waals surface area (Å²) in [5, 5.41) is 24.2. The van der Waals surface area contributed by atoms with Crippen LogP contribution in [-0.4, -0.2) is 39.8 Å². The number of rotatable bonds is 8. The van der Waals surface area contributed by atoms with Crippen LogP contribution < -0.4 is 5.32 Å². The van der Waals surface area contributed by atoms with Crippen molar-refractivity contribution < 1.29 is 15.0 Å². The van der Waals surface area contributed by atoms with Crippen LogP contribution in [0.5, 0.6) is 0 Å². The number of nitrogens with one attached hydrogen (secondary N) is 1. The fraction of sp³-hybridized carbons (Fsp3) is 0.269. The summed E-state index contributed by atoms with van der Waals surface area (Å²) in [6.07, 6.45) is 1.18. The maximum absolute atomic E-state index is 13.5. The van der Waals surface area contributed by atoms with Crippen molar-refractivity contribution in [3.8, 4) is 0 Å². The zero-order valence-electron chi connectivity index (χ0n) is 17.4. The van der Waals surface area contributed by atoms with Gasteiger partial charge in [-0.1, -0.05) is 91.0 Å². The predicted molar refractivity (Wildman–Crippen MR) is 120 cm³/mol. The standard InChI is InChI=1S/C26H28N2O3/c29-17-16-23-18-24(28(23)19-20-10-4-1-5-11-20)27-25(30)26(31,21-12-6-2-7-13-21)22-14-8-3-9-15-22/h1-15,23-24,29,31H,16-19H2,(H,27,30). The lowest BCUT2D eigenvalue weighted by Crippen LogP contribution is -2.65. The van der Waals surface area contributed by atoms with Gasteiger partial charge in [-0.05, 0) is 29.5 Å². The average Bonchev–Trinajstić information content (AvgIpc) is 2.83. The lowest BCUT2D eigenvalue weighted by Gasteiger charge is -2.49. The second-order valence-corrected chi connectivity index (χ2v) is 7.99. The Kier molecular flexibility index (Phi) is 6.47. The largest absolute Gasteiger partial charge is 0.396 e. The molecule has 3 N–H and O–H groups in total. The molecule has 0 spiro atoms. The van der Waals surface area contributed by atoms with Gasteiger partial charge in [-0.15, -0.1) is 0 Å². The van der Waals surface area contributed by atoms with E-state index in [9.17, 15) is 15.0 Å². The van der Waals surface area contributed by atoms with Crippen LogP contribution in [0.25, 0.3) is 0 Å². The number of hydrogen-bond donors (Lipinski definition) is 3. The van der Waals surface area contributed by atoms with Crippen LogP contribution in [0.1, 0.15) is 29.5 Å². The number of aliphatic hydroxyl groups is 2. The molecule has 1 heterocycles. The van der Waals surface area contributed by atoms with Gasteiger partial charge in [-0.3, -0.25) is 9.69 Å². The first-order valence-corrected chi connectivity index (χ1v) is 10.7. The minimum atomic E-state index is -1.79. The zero-order valence-corrected chi connectivity index (χ0v) is 17.4. The summed E-state index contributed by atoms with van der Waals surface area (Å²) in [4.78, 5) is 15.7. The SMILES string of the molecule is O=C(NC1CC(CCO)N1Cc1ccccc1)C(O)(c1ccccc1)c1ccccc1. The van der Waals surface area contributed by atoms with E-state index < -0.39 is 11.5 Å². The molecule has 2 unspecified atom stereocenters. The number of hydrogen-bond acceptors (Lipinski definition) is 4. The van der Waals surface area contributed by atoms with E-state index in [-0.39, 0.29) is 18.8 Å². The molecule has 0 aliphatic carbocycles. The van der Waals surface area contributed by atoms with Crippen molar-refractivity contribution in [1.82, 2.24) is 10.2 Å². The van der Waals surface area contributed by atoms with Crippen LogP contribution in [0, 0.1) is 0 Å². The van der Waals surface area contributed by atoms with Crippen molar-refractivity contribution in [2.45, 2.75) is 37.2 Å². The molecule has 0 radical (unpaired) electrons. The van der Waals surface area contributed by atoms with Crippen LogP contribution in [0.2, 0.25) is 0 Å². The van der Waals surface area contributed by atoms with Crippen molar-refractivity contribution in [3.63, 3.8) is 0 Å². The van der Waals surface area contributed by atoms with Gasteiger partial charge in [-0.2, -0.15) is 0 Å². The highest BCUT2D eigenvalue weighted by Gasteiger charge is 2.45. The Morgan fingerprint density at radius 2 is 1.42 bits per heavy atom. The maximum atomic E-state index is 13.5. The fourth-order valence-electron chi connectivity index (χ4n) is 4.30. The molecule has 3 aromatic carbocycles. The van der Waals surface area contributed by atoms with E-state index in [1.165, 1.54) is 0 Å². The molecule has 1 amide bonds. The fourth-order valence-corrected chi connectivity index (χ4v) is 4.30. The van der Waals surface area contributed by atoms with Gasteiger partial charge in [0.1, 0.15) is 0 Å². The lowest BCUT2D eigenvalue weighted by molar-refractivity contribution is -0.143. The van der Waals surface area contributed by atoms with E-state index in [1.807, 2.05) is 54.6 Å². The molecule has 1 aliphatic rings. The highest BCUT2D eigenvalue weighted by molar-refractivity contribution is 5.90. The average molecular weight is 417 g/mol.